The van der Waals surface area contributed by atoms with E-state index in [4.69, 9.17) is 11.6 Å². The Morgan fingerprint density at radius 3 is 2.33 bits per heavy atom. The number of halogens is 1. The third-order valence-corrected chi connectivity index (χ3v) is 4.73. The highest BCUT2D eigenvalue weighted by Gasteiger charge is 2.13. The number of thioether (sulfide) groups is 1. The number of carbonyl (C=O) groups is 1. The number of aryl methyl sites for hydroxylation is 2. The first-order valence-electron chi connectivity index (χ1n) is 7.83. The molecule has 1 atom stereocenters. The summed E-state index contributed by atoms with van der Waals surface area (Å²) in [5.41, 5.74) is 3.99. The fraction of sp³-hybridized carbons (Fsp3) is 0.389. The molecule has 1 aromatic carbocycles. The van der Waals surface area contributed by atoms with Gasteiger partial charge in [-0.1, -0.05) is 35.5 Å². The standard InChI is InChI=1S/C18H22ClN3OS/c1-11(14-5-7-15(19)8-6-14)20-17(23)10-9-16-12(2)21-18(24-4)22-13(16)3/h5-8,11H,9-10H2,1-4H3,(H,20,23). The van der Waals surface area contributed by atoms with E-state index in [-0.39, 0.29) is 11.9 Å². The molecule has 0 radical (unpaired) electrons. The lowest BCUT2D eigenvalue weighted by atomic mass is 10.1. The summed E-state index contributed by atoms with van der Waals surface area (Å²) >= 11 is 7.42. The molecule has 1 N–H and O–H groups in total. The minimum Gasteiger partial charge on any atom is -0.350 e. The minimum atomic E-state index is -0.0490. The van der Waals surface area contributed by atoms with Gasteiger partial charge in [-0.25, -0.2) is 9.97 Å². The largest absolute Gasteiger partial charge is 0.350 e. The van der Waals surface area contributed by atoms with Crippen molar-refractivity contribution in [3.05, 3.63) is 51.8 Å². The zero-order chi connectivity index (χ0) is 17.7. The monoisotopic (exact) mass is 363 g/mol. The summed E-state index contributed by atoms with van der Waals surface area (Å²) in [6.07, 6.45) is 3.02. The van der Waals surface area contributed by atoms with Gasteiger partial charge >= 0.3 is 0 Å². The van der Waals surface area contributed by atoms with E-state index in [0.29, 0.717) is 17.9 Å². The van der Waals surface area contributed by atoms with Crippen molar-refractivity contribution in [2.45, 2.75) is 44.8 Å². The molecule has 0 fully saturated rings. The van der Waals surface area contributed by atoms with Crippen LogP contribution in [0.2, 0.25) is 5.02 Å². The van der Waals surface area contributed by atoms with Gasteiger partial charge in [-0.2, -0.15) is 0 Å². The second kappa shape index (κ2) is 8.49. The molecular weight excluding hydrogens is 342 g/mol. The molecule has 2 rings (SSSR count). The Bertz CT molecular complexity index is 696. The second-order valence-electron chi connectivity index (χ2n) is 5.70. The van der Waals surface area contributed by atoms with Crippen LogP contribution in [-0.4, -0.2) is 22.1 Å². The third kappa shape index (κ3) is 4.95. The second-order valence-corrected chi connectivity index (χ2v) is 6.91. The van der Waals surface area contributed by atoms with E-state index in [9.17, 15) is 4.79 Å². The lowest BCUT2D eigenvalue weighted by Gasteiger charge is -2.15. The van der Waals surface area contributed by atoms with E-state index in [0.717, 1.165) is 27.7 Å². The molecule has 6 heteroatoms. The topological polar surface area (TPSA) is 54.9 Å². The van der Waals surface area contributed by atoms with Crippen molar-refractivity contribution in [2.24, 2.45) is 0 Å². The van der Waals surface area contributed by atoms with Crippen LogP contribution in [-0.2, 0) is 11.2 Å². The number of carbonyl (C=O) groups excluding carboxylic acids is 1. The fourth-order valence-corrected chi connectivity index (χ4v) is 3.13. The molecule has 24 heavy (non-hydrogen) atoms. The van der Waals surface area contributed by atoms with E-state index in [2.05, 4.69) is 15.3 Å². The Labute approximate surface area is 152 Å². The summed E-state index contributed by atoms with van der Waals surface area (Å²) in [6.45, 7) is 5.91. The molecule has 0 aliphatic heterocycles. The third-order valence-electron chi connectivity index (χ3n) is 3.93. The predicted octanol–water partition coefficient (Wildman–Crippen LogP) is 4.28. The molecule has 0 saturated carbocycles. The summed E-state index contributed by atoms with van der Waals surface area (Å²) < 4.78 is 0. The fourth-order valence-electron chi connectivity index (χ4n) is 2.55. The van der Waals surface area contributed by atoms with Gasteiger partial charge in [0.1, 0.15) is 0 Å². The highest BCUT2D eigenvalue weighted by atomic mass is 35.5. The minimum absolute atomic E-state index is 0.0187. The summed E-state index contributed by atoms with van der Waals surface area (Å²) in [5.74, 6) is 0.0187. The van der Waals surface area contributed by atoms with Crippen LogP contribution in [0.4, 0.5) is 0 Å². The van der Waals surface area contributed by atoms with Crippen LogP contribution in [0.1, 0.15) is 41.9 Å². The van der Waals surface area contributed by atoms with Gasteiger partial charge in [0.15, 0.2) is 5.16 Å². The van der Waals surface area contributed by atoms with Gasteiger partial charge in [0.2, 0.25) is 5.91 Å². The maximum Gasteiger partial charge on any atom is 0.220 e. The van der Waals surface area contributed by atoms with E-state index < -0.39 is 0 Å². The summed E-state index contributed by atoms with van der Waals surface area (Å²) in [7, 11) is 0. The smallest absolute Gasteiger partial charge is 0.220 e. The number of aromatic nitrogens is 2. The van der Waals surface area contributed by atoms with Crippen LogP contribution in [0.3, 0.4) is 0 Å². The maximum absolute atomic E-state index is 12.2. The van der Waals surface area contributed by atoms with Gasteiger partial charge in [-0.3, -0.25) is 4.79 Å². The Morgan fingerprint density at radius 2 is 1.79 bits per heavy atom. The number of benzene rings is 1. The Balaban J connectivity index is 1.95. The van der Waals surface area contributed by atoms with Crippen molar-refractivity contribution in [1.82, 2.24) is 15.3 Å². The van der Waals surface area contributed by atoms with Crippen molar-refractivity contribution in [2.75, 3.05) is 6.26 Å². The molecular formula is C18H22ClN3OS. The van der Waals surface area contributed by atoms with E-state index in [1.165, 1.54) is 11.8 Å². The van der Waals surface area contributed by atoms with Crippen LogP contribution in [0, 0.1) is 13.8 Å². The zero-order valence-corrected chi connectivity index (χ0v) is 16.0. The molecule has 0 bridgehead atoms. The number of nitrogens with zero attached hydrogens (tertiary/aromatic N) is 2. The average Bonchev–Trinajstić information content (AvgIpc) is 2.54. The van der Waals surface area contributed by atoms with Crippen molar-refractivity contribution >= 4 is 29.3 Å². The Kier molecular flexibility index (Phi) is 6.63. The molecule has 1 heterocycles. The molecule has 1 aromatic heterocycles. The van der Waals surface area contributed by atoms with Crippen molar-refractivity contribution in [3.8, 4) is 0 Å². The highest BCUT2D eigenvalue weighted by molar-refractivity contribution is 7.98. The van der Waals surface area contributed by atoms with Gasteiger partial charge in [-0.15, -0.1) is 0 Å². The lowest BCUT2D eigenvalue weighted by Crippen LogP contribution is -2.27. The van der Waals surface area contributed by atoms with Crippen LogP contribution in [0.25, 0.3) is 0 Å². The van der Waals surface area contributed by atoms with Gasteiger partial charge in [-0.05, 0) is 56.7 Å². The molecule has 4 nitrogen and oxygen atoms in total. The van der Waals surface area contributed by atoms with Gasteiger partial charge in [0, 0.05) is 22.8 Å². The molecule has 0 saturated heterocycles. The van der Waals surface area contributed by atoms with Gasteiger partial charge in [0.25, 0.3) is 0 Å². The van der Waals surface area contributed by atoms with E-state index in [1.54, 1.807) is 0 Å². The van der Waals surface area contributed by atoms with E-state index >= 15 is 0 Å². The molecule has 2 aromatic rings. The van der Waals surface area contributed by atoms with Crippen LogP contribution >= 0.6 is 23.4 Å². The summed E-state index contributed by atoms with van der Waals surface area (Å²) in [5, 5.41) is 4.48. The van der Waals surface area contributed by atoms with Crippen LogP contribution in [0.5, 0.6) is 0 Å². The van der Waals surface area contributed by atoms with Crippen molar-refractivity contribution in [1.29, 1.82) is 0 Å². The molecule has 1 unspecified atom stereocenters. The molecule has 0 aliphatic carbocycles. The van der Waals surface area contributed by atoms with Gasteiger partial charge < -0.3 is 5.32 Å². The number of amides is 1. The Hall–Kier alpha value is -1.59. The number of nitrogens with one attached hydrogen (secondary N) is 1. The number of rotatable bonds is 6. The normalized spacial score (nSPS) is 12.0. The number of hydrogen-bond donors (Lipinski definition) is 1. The molecule has 0 spiro atoms. The summed E-state index contributed by atoms with van der Waals surface area (Å²) in [6, 6.07) is 7.47. The van der Waals surface area contributed by atoms with Crippen LogP contribution < -0.4 is 5.32 Å². The molecule has 1 amide bonds. The first-order chi connectivity index (χ1) is 11.4. The van der Waals surface area contributed by atoms with Crippen LogP contribution in [0.15, 0.2) is 29.4 Å². The van der Waals surface area contributed by atoms with Crippen molar-refractivity contribution < 1.29 is 4.79 Å². The lowest BCUT2D eigenvalue weighted by molar-refractivity contribution is -0.121. The first-order valence-corrected chi connectivity index (χ1v) is 9.44. The Morgan fingerprint density at radius 1 is 1.21 bits per heavy atom. The average molecular weight is 364 g/mol. The van der Waals surface area contributed by atoms with E-state index in [1.807, 2.05) is 51.3 Å². The van der Waals surface area contributed by atoms with Crippen molar-refractivity contribution in [3.63, 3.8) is 0 Å². The highest BCUT2D eigenvalue weighted by Crippen LogP contribution is 2.18. The summed E-state index contributed by atoms with van der Waals surface area (Å²) in [4.78, 5) is 21.1. The molecule has 128 valence electrons. The zero-order valence-electron chi connectivity index (χ0n) is 14.4. The van der Waals surface area contributed by atoms with Gasteiger partial charge in [0.05, 0.1) is 6.04 Å². The maximum atomic E-state index is 12.2. The number of hydrogen-bond acceptors (Lipinski definition) is 4. The first kappa shape index (κ1) is 18.7. The quantitative estimate of drug-likeness (QED) is 0.614. The predicted molar refractivity (Wildman–Crippen MR) is 99.6 cm³/mol. The molecule has 0 aliphatic rings. The SMILES string of the molecule is CSc1nc(C)c(CCC(=O)NC(C)c2ccc(Cl)cc2)c(C)n1.